The fraction of sp³-hybridized carbons (Fsp3) is 0.600. The summed E-state index contributed by atoms with van der Waals surface area (Å²) in [5.41, 5.74) is 7.43. The molecular weight excluding hydrogens is 346 g/mol. The summed E-state index contributed by atoms with van der Waals surface area (Å²) < 4.78 is 10.5. The molecule has 0 fully saturated rings. The van der Waals surface area contributed by atoms with Crippen LogP contribution in [-0.4, -0.2) is 29.9 Å². The van der Waals surface area contributed by atoms with Crippen LogP contribution >= 0.6 is 0 Å². The van der Waals surface area contributed by atoms with Crippen molar-refractivity contribution in [1.29, 1.82) is 0 Å². The third kappa shape index (κ3) is 10.5. The predicted molar refractivity (Wildman–Crippen MR) is 105 cm³/mol. The molecule has 0 saturated heterocycles. The van der Waals surface area contributed by atoms with E-state index in [1.165, 1.54) is 0 Å². The van der Waals surface area contributed by atoms with Crippen molar-refractivity contribution in [3.05, 3.63) is 34.9 Å². The molecule has 0 aliphatic heterocycles. The van der Waals surface area contributed by atoms with E-state index in [-0.39, 0.29) is 0 Å². The zero-order valence-corrected chi connectivity index (χ0v) is 17.3. The second-order valence-electron chi connectivity index (χ2n) is 8.41. The lowest BCUT2D eigenvalue weighted by atomic mass is 10.0. The van der Waals surface area contributed by atoms with E-state index < -0.39 is 23.4 Å². The van der Waals surface area contributed by atoms with Crippen molar-refractivity contribution >= 4 is 12.2 Å². The van der Waals surface area contributed by atoms with Gasteiger partial charge in [0.25, 0.3) is 0 Å². The average Bonchev–Trinajstić information content (AvgIpc) is 2.48. The highest BCUT2D eigenvalue weighted by molar-refractivity contribution is 5.68. The zero-order chi connectivity index (χ0) is 20.7. The minimum atomic E-state index is -0.548. The number of rotatable bonds is 6. The quantitative estimate of drug-likeness (QED) is 0.704. The SMILES string of the molecule is CC(C)(C)OC(=O)NCc1cc(CCN)cc(CNC(=O)OC(C)(C)C)c1. The summed E-state index contributed by atoms with van der Waals surface area (Å²) in [6.45, 7) is 12.1. The van der Waals surface area contributed by atoms with Crippen LogP contribution in [0.4, 0.5) is 9.59 Å². The van der Waals surface area contributed by atoms with Crippen molar-refractivity contribution in [1.82, 2.24) is 10.6 Å². The molecule has 7 nitrogen and oxygen atoms in total. The number of carbonyl (C=O) groups is 2. The molecule has 2 amide bonds. The van der Waals surface area contributed by atoms with E-state index in [4.69, 9.17) is 15.2 Å². The summed E-state index contributed by atoms with van der Waals surface area (Å²) in [4.78, 5) is 23.7. The van der Waals surface area contributed by atoms with Crippen LogP contribution in [0.3, 0.4) is 0 Å². The minimum Gasteiger partial charge on any atom is -0.444 e. The highest BCUT2D eigenvalue weighted by Crippen LogP contribution is 2.13. The first-order valence-corrected chi connectivity index (χ1v) is 9.13. The Hall–Kier alpha value is -2.28. The van der Waals surface area contributed by atoms with Gasteiger partial charge in [0.1, 0.15) is 11.2 Å². The largest absolute Gasteiger partial charge is 0.444 e. The molecule has 1 aromatic rings. The maximum atomic E-state index is 11.8. The molecule has 4 N–H and O–H groups in total. The molecule has 1 rings (SSSR count). The number of carbonyl (C=O) groups excluding carboxylic acids is 2. The van der Waals surface area contributed by atoms with Crippen LogP contribution in [0.15, 0.2) is 18.2 Å². The number of ether oxygens (including phenoxy) is 2. The van der Waals surface area contributed by atoms with Gasteiger partial charge in [0.05, 0.1) is 0 Å². The van der Waals surface area contributed by atoms with Crippen molar-refractivity contribution in [2.45, 2.75) is 72.3 Å². The van der Waals surface area contributed by atoms with E-state index in [0.29, 0.717) is 26.1 Å². The molecule has 0 radical (unpaired) electrons. The first-order chi connectivity index (χ1) is 12.4. The van der Waals surface area contributed by atoms with Gasteiger partial charge >= 0.3 is 12.2 Å². The van der Waals surface area contributed by atoms with Gasteiger partial charge in [-0.1, -0.05) is 18.2 Å². The molecule has 0 aromatic heterocycles. The highest BCUT2D eigenvalue weighted by Gasteiger charge is 2.17. The fourth-order valence-corrected chi connectivity index (χ4v) is 2.33. The molecule has 152 valence electrons. The molecule has 1 aromatic carbocycles. The first-order valence-electron chi connectivity index (χ1n) is 9.13. The van der Waals surface area contributed by atoms with E-state index in [2.05, 4.69) is 10.6 Å². The van der Waals surface area contributed by atoms with Gasteiger partial charge in [0.2, 0.25) is 0 Å². The van der Waals surface area contributed by atoms with E-state index >= 15 is 0 Å². The van der Waals surface area contributed by atoms with Gasteiger partial charge in [-0.3, -0.25) is 0 Å². The van der Waals surface area contributed by atoms with Crippen LogP contribution < -0.4 is 16.4 Å². The number of nitrogens with one attached hydrogen (secondary N) is 2. The number of amides is 2. The van der Waals surface area contributed by atoms with Crippen molar-refractivity contribution in [2.24, 2.45) is 5.73 Å². The molecule has 0 saturated carbocycles. The van der Waals surface area contributed by atoms with Crippen molar-refractivity contribution in [2.75, 3.05) is 6.54 Å². The van der Waals surface area contributed by atoms with Crippen LogP contribution in [0.1, 0.15) is 58.2 Å². The second kappa shape index (κ2) is 9.60. The molecule has 0 aliphatic rings. The second-order valence-corrected chi connectivity index (χ2v) is 8.41. The van der Waals surface area contributed by atoms with Crippen LogP contribution in [0.5, 0.6) is 0 Å². The first kappa shape index (κ1) is 22.8. The Morgan fingerprint density at radius 3 is 1.52 bits per heavy atom. The lowest BCUT2D eigenvalue weighted by molar-refractivity contribution is 0.0513. The average molecular weight is 380 g/mol. The Bertz CT molecular complexity index is 595. The van der Waals surface area contributed by atoms with Gasteiger partial charge in [0, 0.05) is 13.1 Å². The molecule has 0 spiro atoms. The number of alkyl carbamates (subject to hydrolysis) is 2. The molecular formula is C20H33N3O4. The number of benzene rings is 1. The Balaban J connectivity index is 2.75. The summed E-state index contributed by atoms with van der Waals surface area (Å²) in [7, 11) is 0. The van der Waals surface area contributed by atoms with Gasteiger partial charge in [-0.25, -0.2) is 9.59 Å². The maximum Gasteiger partial charge on any atom is 0.407 e. The van der Waals surface area contributed by atoms with Crippen LogP contribution in [0, 0.1) is 0 Å². The molecule has 0 aliphatic carbocycles. The Kier molecular flexibility index (Phi) is 8.09. The summed E-state index contributed by atoms with van der Waals surface area (Å²) in [5.74, 6) is 0. The molecule has 0 unspecified atom stereocenters. The van der Waals surface area contributed by atoms with Crippen molar-refractivity contribution in [3.63, 3.8) is 0 Å². The molecule has 7 heteroatoms. The van der Waals surface area contributed by atoms with Crippen LogP contribution in [-0.2, 0) is 29.0 Å². The Morgan fingerprint density at radius 1 is 0.815 bits per heavy atom. The van der Waals surface area contributed by atoms with Gasteiger partial charge < -0.3 is 25.8 Å². The van der Waals surface area contributed by atoms with Gasteiger partial charge in [-0.15, -0.1) is 0 Å². The molecule has 0 heterocycles. The number of nitrogens with two attached hydrogens (primary N) is 1. The van der Waals surface area contributed by atoms with Gasteiger partial charge in [-0.05, 0) is 71.2 Å². The molecule has 27 heavy (non-hydrogen) atoms. The van der Waals surface area contributed by atoms with Gasteiger partial charge in [-0.2, -0.15) is 0 Å². The zero-order valence-electron chi connectivity index (χ0n) is 17.3. The van der Waals surface area contributed by atoms with Crippen molar-refractivity contribution in [3.8, 4) is 0 Å². The van der Waals surface area contributed by atoms with E-state index in [1.807, 2.05) is 59.7 Å². The van der Waals surface area contributed by atoms with Gasteiger partial charge in [0.15, 0.2) is 0 Å². The highest BCUT2D eigenvalue weighted by atomic mass is 16.6. The van der Waals surface area contributed by atoms with E-state index in [9.17, 15) is 9.59 Å². The topological polar surface area (TPSA) is 103 Å². The Morgan fingerprint density at radius 2 is 1.19 bits per heavy atom. The summed E-state index contributed by atoms with van der Waals surface area (Å²) in [5, 5.41) is 5.49. The predicted octanol–water partition coefficient (Wildman–Crippen LogP) is 3.24. The third-order valence-corrected chi connectivity index (χ3v) is 3.22. The lowest BCUT2D eigenvalue weighted by Crippen LogP contribution is -2.32. The summed E-state index contributed by atoms with van der Waals surface area (Å²) in [6.07, 6.45) is -0.236. The Labute approximate surface area is 162 Å². The summed E-state index contributed by atoms with van der Waals surface area (Å²) >= 11 is 0. The van der Waals surface area contributed by atoms with Crippen molar-refractivity contribution < 1.29 is 19.1 Å². The minimum absolute atomic E-state index is 0.326. The number of hydrogen-bond acceptors (Lipinski definition) is 5. The normalized spacial score (nSPS) is 11.7. The third-order valence-electron chi connectivity index (χ3n) is 3.22. The monoisotopic (exact) mass is 379 g/mol. The van der Waals surface area contributed by atoms with Crippen LogP contribution in [0.25, 0.3) is 0 Å². The molecule has 0 atom stereocenters. The number of hydrogen-bond donors (Lipinski definition) is 3. The standard InChI is InChI=1S/C20H33N3O4/c1-19(2,3)26-17(24)22-12-15-9-14(7-8-21)10-16(11-15)13-23-18(25)27-20(4,5)6/h9-11H,7-8,12-13,21H2,1-6H3,(H,22,24)(H,23,25). The van der Waals surface area contributed by atoms with Crippen LogP contribution in [0.2, 0.25) is 0 Å². The molecule has 0 bridgehead atoms. The van der Waals surface area contributed by atoms with E-state index in [1.54, 1.807) is 0 Å². The van der Waals surface area contributed by atoms with E-state index in [0.717, 1.165) is 16.7 Å². The maximum absolute atomic E-state index is 11.8. The smallest absolute Gasteiger partial charge is 0.407 e. The lowest BCUT2D eigenvalue weighted by Gasteiger charge is -2.20. The fourth-order valence-electron chi connectivity index (χ4n) is 2.33. The summed E-state index contributed by atoms with van der Waals surface area (Å²) in [6, 6.07) is 5.90.